The van der Waals surface area contributed by atoms with E-state index in [9.17, 15) is 0 Å². The summed E-state index contributed by atoms with van der Waals surface area (Å²) in [6.07, 6.45) is 2.06. The minimum absolute atomic E-state index is 1.22. The Morgan fingerprint density at radius 3 is 2.00 bits per heavy atom. The molecule has 0 fully saturated rings. The zero-order chi connectivity index (χ0) is 12.0. The van der Waals surface area contributed by atoms with Crippen LogP contribution in [0, 0.1) is 10.2 Å². The van der Waals surface area contributed by atoms with Crippen LogP contribution < -0.4 is 23.2 Å². The number of thiazole rings is 1. The quantitative estimate of drug-likeness (QED) is 0.521. The molecule has 0 amide bonds. The summed E-state index contributed by atoms with van der Waals surface area (Å²) in [6.45, 7) is 0. The molecule has 1 heterocycles. The van der Waals surface area contributed by atoms with Gasteiger partial charge in [-0.1, -0.05) is 29.5 Å². The van der Waals surface area contributed by atoms with Crippen LogP contribution in [0.5, 0.6) is 0 Å². The van der Waals surface area contributed by atoms with Gasteiger partial charge in [-0.15, -0.1) is 10.2 Å². The fraction of sp³-hybridized carbons (Fsp3) is 0. The highest BCUT2D eigenvalue weighted by atomic mass is 35.7. The van der Waals surface area contributed by atoms with E-state index >= 15 is 0 Å². The number of aromatic nitrogens is 1. The average molecular weight is 262 g/mol. The van der Waals surface area contributed by atoms with Crippen molar-refractivity contribution in [2.45, 2.75) is 0 Å². The summed E-state index contributed by atoms with van der Waals surface area (Å²) >= 11 is 1.70. The zero-order valence-corrected chi connectivity index (χ0v) is 9.56. The second-order valence-electron chi connectivity index (χ2n) is 2.65. The van der Waals surface area contributed by atoms with E-state index in [4.69, 9.17) is 18.6 Å². The molecular weight excluding hydrogens is 254 g/mol. The molecule has 0 radical (unpaired) electrons. The monoisotopic (exact) mass is 261 g/mol. The molecule has 0 saturated carbocycles. The first-order valence-electron chi connectivity index (χ1n) is 4.07. The van der Waals surface area contributed by atoms with Crippen molar-refractivity contribution >= 4 is 11.3 Å². The topological polar surface area (TPSA) is 96.1 Å². The summed E-state index contributed by atoms with van der Waals surface area (Å²) in [5.74, 6) is 0. The molecular formula is C9H8ClNO4S. The highest BCUT2D eigenvalue weighted by Crippen LogP contribution is 1.99. The molecule has 0 aliphatic heterocycles. The summed E-state index contributed by atoms with van der Waals surface area (Å²) in [7, 11) is -4.94. The predicted octanol–water partition coefficient (Wildman–Crippen LogP) is -2.73. The van der Waals surface area contributed by atoms with Crippen LogP contribution in [0.3, 0.4) is 0 Å². The molecule has 0 unspecified atom stereocenters. The molecule has 7 heteroatoms. The third kappa shape index (κ3) is 5.76. The Balaban J connectivity index is 0.000000221. The van der Waals surface area contributed by atoms with Crippen molar-refractivity contribution in [2.24, 2.45) is 0 Å². The van der Waals surface area contributed by atoms with Gasteiger partial charge >= 0.3 is 0 Å². The molecule has 0 atom stereocenters. The van der Waals surface area contributed by atoms with Crippen molar-refractivity contribution in [3.05, 3.63) is 47.4 Å². The Bertz CT molecular complexity index is 395. The van der Waals surface area contributed by atoms with Gasteiger partial charge in [-0.2, -0.15) is 4.57 Å². The number of halogens is 1. The normalized spacial score (nSPS) is 10.5. The number of benzene rings is 1. The van der Waals surface area contributed by atoms with Crippen LogP contribution >= 0.6 is 11.3 Å². The molecule has 0 aliphatic rings. The van der Waals surface area contributed by atoms with Crippen LogP contribution in [0.25, 0.3) is 5.69 Å². The minimum atomic E-state index is -4.94. The number of rotatable bonds is 1. The summed E-state index contributed by atoms with van der Waals surface area (Å²) in [5.41, 5.74) is 3.30. The Kier molecular flexibility index (Phi) is 4.81. The van der Waals surface area contributed by atoms with E-state index in [1.165, 1.54) is 5.69 Å². The van der Waals surface area contributed by atoms with E-state index in [2.05, 4.69) is 33.8 Å². The molecule has 0 bridgehead atoms. The molecule has 2 aromatic rings. The van der Waals surface area contributed by atoms with Crippen LogP contribution in [0.4, 0.5) is 0 Å². The predicted molar refractivity (Wildman–Crippen MR) is 45.9 cm³/mol. The van der Waals surface area contributed by atoms with Gasteiger partial charge in [0.1, 0.15) is 0 Å². The molecule has 16 heavy (non-hydrogen) atoms. The van der Waals surface area contributed by atoms with E-state index in [1.807, 2.05) is 18.2 Å². The molecule has 1 aromatic carbocycles. The van der Waals surface area contributed by atoms with Crippen LogP contribution in [-0.2, 0) is 0 Å². The molecule has 0 N–H and O–H groups in total. The van der Waals surface area contributed by atoms with E-state index in [0.29, 0.717) is 0 Å². The average Bonchev–Trinajstić information content (AvgIpc) is 2.69. The first-order chi connectivity index (χ1) is 7.47. The Morgan fingerprint density at radius 1 is 1.00 bits per heavy atom. The fourth-order valence-corrected chi connectivity index (χ4v) is 1.58. The maximum atomic E-state index is 8.49. The van der Waals surface area contributed by atoms with Gasteiger partial charge in [-0.05, 0) is 0 Å². The molecule has 1 aromatic heterocycles. The highest BCUT2D eigenvalue weighted by Gasteiger charge is 2.01. The minimum Gasteiger partial charge on any atom is -0.222 e. The maximum absolute atomic E-state index is 8.49. The molecule has 0 aliphatic carbocycles. The molecule has 86 valence electrons. The van der Waals surface area contributed by atoms with Gasteiger partial charge in [0.15, 0.2) is 6.20 Å². The van der Waals surface area contributed by atoms with Gasteiger partial charge in [0, 0.05) is 12.1 Å². The largest absolute Gasteiger partial charge is 0.230 e. The second kappa shape index (κ2) is 5.90. The number of hydrogen-bond acceptors (Lipinski definition) is 5. The lowest BCUT2D eigenvalue weighted by atomic mass is 10.3. The fourth-order valence-electron chi connectivity index (χ4n) is 0.984. The summed E-state index contributed by atoms with van der Waals surface area (Å²) in [4.78, 5) is 0. The van der Waals surface area contributed by atoms with Crippen LogP contribution in [0.15, 0.2) is 47.4 Å². The summed E-state index contributed by atoms with van der Waals surface area (Å²) in [5, 5.41) is 2.06. The van der Waals surface area contributed by atoms with Gasteiger partial charge < -0.3 is 0 Å². The summed E-state index contributed by atoms with van der Waals surface area (Å²) in [6, 6.07) is 10.3. The van der Waals surface area contributed by atoms with Gasteiger partial charge in [0.05, 0.1) is 5.38 Å². The van der Waals surface area contributed by atoms with Crippen molar-refractivity contribution in [2.75, 3.05) is 0 Å². The Hall–Kier alpha value is -1.02. The highest BCUT2D eigenvalue weighted by molar-refractivity contribution is 7.07. The van der Waals surface area contributed by atoms with E-state index in [-0.39, 0.29) is 0 Å². The third-order valence-electron chi connectivity index (χ3n) is 1.53. The lowest BCUT2D eigenvalue weighted by Crippen LogP contribution is -2.68. The number of nitrogens with zero attached hydrogens (tertiary/aromatic N) is 1. The third-order valence-corrected chi connectivity index (χ3v) is 2.16. The van der Waals surface area contributed by atoms with Gasteiger partial charge in [-0.3, -0.25) is 0 Å². The van der Waals surface area contributed by atoms with Crippen molar-refractivity contribution < 1.29 is 33.4 Å². The van der Waals surface area contributed by atoms with Gasteiger partial charge in [-0.25, -0.2) is 18.6 Å². The Morgan fingerprint density at radius 2 is 1.56 bits per heavy atom. The van der Waals surface area contributed by atoms with Gasteiger partial charge in [0.25, 0.3) is 0 Å². The van der Waals surface area contributed by atoms with E-state index < -0.39 is 10.2 Å². The smallest absolute Gasteiger partial charge is 0.222 e. The van der Waals surface area contributed by atoms with Crippen LogP contribution in [-0.4, -0.2) is 0 Å². The molecule has 0 saturated heterocycles. The van der Waals surface area contributed by atoms with E-state index in [0.717, 1.165) is 0 Å². The lowest BCUT2D eigenvalue weighted by Gasteiger charge is -2.17. The van der Waals surface area contributed by atoms with Crippen molar-refractivity contribution in [3.8, 4) is 5.69 Å². The first-order valence-corrected chi connectivity index (χ1v) is 6.25. The van der Waals surface area contributed by atoms with Crippen molar-refractivity contribution in [1.29, 1.82) is 0 Å². The van der Waals surface area contributed by atoms with Gasteiger partial charge in [0.2, 0.25) is 11.2 Å². The first kappa shape index (κ1) is 13.0. The SMILES string of the molecule is [O-][Cl+3]([O-])([O-])[O-].c1ccc(-[n+]2ccsc2)cc1. The molecule has 5 nitrogen and oxygen atoms in total. The van der Waals surface area contributed by atoms with Crippen molar-refractivity contribution in [3.63, 3.8) is 0 Å². The number of para-hydroxylation sites is 1. The number of hydrogen-bond donors (Lipinski definition) is 0. The van der Waals surface area contributed by atoms with E-state index in [1.54, 1.807) is 11.3 Å². The maximum Gasteiger partial charge on any atom is 0.230 e. The van der Waals surface area contributed by atoms with Crippen LogP contribution in [0.1, 0.15) is 0 Å². The Labute approximate surface area is 98.2 Å². The van der Waals surface area contributed by atoms with Crippen LogP contribution in [0.2, 0.25) is 0 Å². The van der Waals surface area contributed by atoms with Crippen molar-refractivity contribution in [1.82, 2.24) is 0 Å². The standard InChI is InChI=1S/C9H8NS.ClHO4/c1-2-4-9(5-3-1)10-6-7-11-8-10;2-1(3,4)5/h1-8H;(H,2,3,4,5)/q+1;/p-1. The lowest BCUT2D eigenvalue weighted by molar-refractivity contribution is -2.00. The zero-order valence-electron chi connectivity index (χ0n) is 7.99. The second-order valence-corrected chi connectivity index (χ2v) is 4.16. The molecule has 2 rings (SSSR count). The molecule has 0 spiro atoms. The summed E-state index contributed by atoms with van der Waals surface area (Å²) < 4.78 is 36.1.